The number of aromatic nitrogens is 2. The average Bonchev–Trinajstić information content (AvgIpc) is 3.09. The molecule has 1 aromatic heterocycles. The normalized spacial score (nSPS) is 10.8. The van der Waals surface area contributed by atoms with Gasteiger partial charge in [0, 0.05) is 24.1 Å². The molecule has 0 aliphatic rings. The molecule has 1 heterocycles. The fourth-order valence-corrected chi connectivity index (χ4v) is 3.18. The van der Waals surface area contributed by atoms with Crippen molar-refractivity contribution >= 4 is 5.97 Å². The largest absolute Gasteiger partial charge is 0.481 e. The van der Waals surface area contributed by atoms with Gasteiger partial charge in [0.05, 0.1) is 11.9 Å². The summed E-state index contributed by atoms with van der Waals surface area (Å²) in [4.78, 5) is 10.6. The summed E-state index contributed by atoms with van der Waals surface area (Å²) >= 11 is 0. The van der Waals surface area contributed by atoms with Crippen LogP contribution < -0.4 is 0 Å². The number of carboxylic acid groups (broad SMARTS) is 1. The highest BCUT2D eigenvalue weighted by atomic mass is 16.4. The second kappa shape index (κ2) is 8.99. The van der Waals surface area contributed by atoms with Gasteiger partial charge in [0.2, 0.25) is 0 Å². The van der Waals surface area contributed by atoms with Gasteiger partial charge in [0.15, 0.2) is 0 Å². The second-order valence-corrected chi connectivity index (χ2v) is 6.42. The molecule has 0 saturated carbocycles. The number of nitrogens with zero attached hydrogens (tertiary/aromatic N) is 2. The molecule has 1 N–H and O–H groups in total. The van der Waals surface area contributed by atoms with Crippen molar-refractivity contribution in [1.29, 1.82) is 0 Å². The third kappa shape index (κ3) is 4.60. The number of hydrogen-bond acceptors (Lipinski definition) is 2. The standard InChI is InChI=1S/C22H24N2O2/c25-21(26)15-9-1-2-10-16-24-22(19-13-7-4-8-14-19)20(17-23-24)18-11-5-3-6-12-18/h3-8,11-14,17H,1-2,9-10,15-16H2,(H,25,26). The molecule has 4 nitrogen and oxygen atoms in total. The number of carboxylic acids is 1. The molecule has 0 unspecified atom stereocenters. The maximum absolute atomic E-state index is 10.6. The van der Waals surface area contributed by atoms with Gasteiger partial charge in [-0.3, -0.25) is 9.48 Å². The number of unbranched alkanes of at least 4 members (excludes halogenated alkanes) is 3. The van der Waals surface area contributed by atoms with E-state index < -0.39 is 5.97 Å². The monoisotopic (exact) mass is 348 g/mol. The van der Waals surface area contributed by atoms with E-state index in [0.717, 1.165) is 49.0 Å². The molecule has 0 saturated heterocycles. The number of aryl methyl sites for hydroxylation is 1. The van der Waals surface area contributed by atoms with Crippen LogP contribution in [-0.2, 0) is 11.3 Å². The minimum Gasteiger partial charge on any atom is -0.481 e. The zero-order valence-electron chi connectivity index (χ0n) is 14.8. The lowest BCUT2D eigenvalue weighted by molar-refractivity contribution is -0.137. The fourth-order valence-electron chi connectivity index (χ4n) is 3.18. The summed E-state index contributed by atoms with van der Waals surface area (Å²) in [7, 11) is 0. The van der Waals surface area contributed by atoms with Gasteiger partial charge in [-0.2, -0.15) is 5.10 Å². The zero-order chi connectivity index (χ0) is 18.2. The molecule has 0 atom stereocenters. The van der Waals surface area contributed by atoms with Crippen molar-refractivity contribution in [3.05, 3.63) is 66.9 Å². The Morgan fingerprint density at radius 1 is 0.846 bits per heavy atom. The van der Waals surface area contributed by atoms with E-state index in [9.17, 15) is 4.79 Å². The lowest BCUT2D eigenvalue weighted by Crippen LogP contribution is -2.03. The van der Waals surface area contributed by atoms with Gasteiger partial charge in [-0.15, -0.1) is 0 Å². The Balaban J connectivity index is 1.76. The van der Waals surface area contributed by atoms with Crippen LogP contribution in [0.2, 0.25) is 0 Å². The molecule has 0 bridgehead atoms. The van der Waals surface area contributed by atoms with E-state index in [1.54, 1.807) is 0 Å². The maximum atomic E-state index is 10.6. The molecule has 3 rings (SSSR count). The Hall–Kier alpha value is -2.88. The number of carbonyl (C=O) groups is 1. The first kappa shape index (κ1) is 17.9. The Bertz CT molecular complexity index is 826. The van der Waals surface area contributed by atoms with E-state index in [-0.39, 0.29) is 6.42 Å². The minimum atomic E-state index is -0.712. The molecule has 4 heteroatoms. The van der Waals surface area contributed by atoms with Crippen LogP contribution in [0.5, 0.6) is 0 Å². The van der Waals surface area contributed by atoms with Gasteiger partial charge in [0.1, 0.15) is 0 Å². The van der Waals surface area contributed by atoms with Gasteiger partial charge < -0.3 is 5.11 Å². The quantitative estimate of drug-likeness (QED) is 0.537. The van der Waals surface area contributed by atoms with Crippen LogP contribution in [0.3, 0.4) is 0 Å². The highest BCUT2D eigenvalue weighted by Gasteiger charge is 2.14. The molecule has 0 fully saturated rings. The highest BCUT2D eigenvalue weighted by Crippen LogP contribution is 2.32. The summed E-state index contributed by atoms with van der Waals surface area (Å²) < 4.78 is 2.08. The first-order valence-corrected chi connectivity index (χ1v) is 9.14. The van der Waals surface area contributed by atoms with Crippen LogP contribution >= 0.6 is 0 Å². The van der Waals surface area contributed by atoms with Crippen LogP contribution in [0, 0.1) is 0 Å². The summed E-state index contributed by atoms with van der Waals surface area (Å²) in [6.07, 6.45) is 5.91. The molecule has 0 aliphatic carbocycles. The van der Waals surface area contributed by atoms with Crippen molar-refractivity contribution in [3.63, 3.8) is 0 Å². The number of hydrogen-bond donors (Lipinski definition) is 1. The van der Waals surface area contributed by atoms with Crippen molar-refractivity contribution in [2.75, 3.05) is 0 Å². The third-order valence-electron chi connectivity index (χ3n) is 4.48. The van der Waals surface area contributed by atoms with Crippen LogP contribution in [0.4, 0.5) is 0 Å². The van der Waals surface area contributed by atoms with E-state index in [1.807, 2.05) is 42.6 Å². The second-order valence-electron chi connectivity index (χ2n) is 6.42. The minimum absolute atomic E-state index is 0.259. The Morgan fingerprint density at radius 2 is 1.46 bits per heavy atom. The van der Waals surface area contributed by atoms with E-state index >= 15 is 0 Å². The summed E-state index contributed by atoms with van der Waals surface area (Å²) in [6.45, 7) is 0.837. The van der Waals surface area contributed by atoms with Crippen LogP contribution in [-0.4, -0.2) is 20.9 Å². The van der Waals surface area contributed by atoms with Crippen molar-refractivity contribution < 1.29 is 9.90 Å². The molecular weight excluding hydrogens is 324 g/mol. The van der Waals surface area contributed by atoms with E-state index in [2.05, 4.69) is 34.0 Å². The first-order chi connectivity index (χ1) is 12.8. The summed E-state index contributed by atoms with van der Waals surface area (Å²) in [6, 6.07) is 20.7. The zero-order valence-corrected chi connectivity index (χ0v) is 14.8. The number of rotatable bonds is 9. The molecule has 0 spiro atoms. The molecule has 0 radical (unpaired) electrons. The average molecular weight is 348 g/mol. The van der Waals surface area contributed by atoms with E-state index in [0.29, 0.717) is 0 Å². The van der Waals surface area contributed by atoms with Crippen molar-refractivity contribution in [2.45, 2.75) is 38.6 Å². The molecular formula is C22H24N2O2. The van der Waals surface area contributed by atoms with Gasteiger partial charge in [-0.25, -0.2) is 0 Å². The molecule has 3 aromatic rings. The van der Waals surface area contributed by atoms with Gasteiger partial charge in [0.25, 0.3) is 0 Å². The molecule has 0 amide bonds. The Kier molecular flexibility index (Phi) is 6.20. The van der Waals surface area contributed by atoms with Gasteiger partial charge in [-0.1, -0.05) is 73.5 Å². The molecule has 26 heavy (non-hydrogen) atoms. The Labute approximate surface area is 154 Å². The van der Waals surface area contributed by atoms with Crippen LogP contribution in [0.1, 0.15) is 32.1 Å². The smallest absolute Gasteiger partial charge is 0.303 e. The number of benzene rings is 2. The predicted octanol–water partition coefficient (Wildman–Crippen LogP) is 5.25. The summed E-state index contributed by atoms with van der Waals surface area (Å²) in [5, 5.41) is 13.3. The van der Waals surface area contributed by atoms with Crippen molar-refractivity contribution in [2.24, 2.45) is 0 Å². The number of aliphatic carboxylic acids is 1. The van der Waals surface area contributed by atoms with E-state index in [1.165, 1.54) is 5.56 Å². The van der Waals surface area contributed by atoms with Gasteiger partial charge >= 0.3 is 5.97 Å². The summed E-state index contributed by atoms with van der Waals surface area (Å²) in [5.74, 6) is -0.712. The van der Waals surface area contributed by atoms with Gasteiger partial charge in [-0.05, 0) is 18.4 Å². The fraction of sp³-hybridized carbons (Fsp3) is 0.273. The topological polar surface area (TPSA) is 55.1 Å². The lowest BCUT2D eigenvalue weighted by Gasteiger charge is -2.10. The molecule has 134 valence electrons. The van der Waals surface area contributed by atoms with E-state index in [4.69, 9.17) is 5.11 Å². The molecule has 0 aliphatic heterocycles. The third-order valence-corrected chi connectivity index (χ3v) is 4.48. The van der Waals surface area contributed by atoms with Crippen LogP contribution in [0.15, 0.2) is 66.9 Å². The van der Waals surface area contributed by atoms with Crippen molar-refractivity contribution in [3.8, 4) is 22.4 Å². The maximum Gasteiger partial charge on any atom is 0.303 e. The first-order valence-electron chi connectivity index (χ1n) is 9.14. The van der Waals surface area contributed by atoms with Crippen molar-refractivity contribution in [1.82, 2.24) is 9.78 Å². The van der Waals surface area contributed by atoms with Crippen LogP contribution in [0.25, 0.3) is 22.4 Å². The Morgan fingerprint density at radius 3 is 2.12 bits per heavy atom. The highest BCUT2D eigenvalue weighted by molar-refractivity contribution is 5.80. The lowest BCUT2D eigenvalue weighted by atomic mass is 10.0. The SMILES string of the molecule is O=C(O)CCCCCCn1ncc(-c2ccccc2)c1-c1ccccc1. The molecule has 2 aromatic carbocycles. The summed E-state index contributed by atoms with van der Waals surface area (Å²) in [5.41, 5.74) is 4.61. The predicted molar refractivity (Wildman–Crippen MR) is 104 cm³/mol.